The number of hydrogen-bond acceptors (Lipinski definition) is 5. The fourth-order valence-electron chi connectivity index (χ4n) is 3.16. The van der Waals surface area contributed by atoms with Crippen LogP contribution in [-0.4, -0.2) is 60.9 Å². The Morgan fingerprint density at radius 3 is 2.29 bits per heavy atom. The van der Waals surface area contributed by atoms with Gasteiger partial charge in [-0.05, 0) is 30.5 Å². The van der Waals surface area contributed by atoms with Crippen LogP contribution in [0.5, 0.6) is 0 Å². The zero-order chi connectivity index (χ0) is 19.9. The lowest BCUT2D eigenvalue weighted by Gasteiger charge is -2.34. The Hall–Kier alpha value is -1.93. The van der Waals surface area contributed by atoms with E-state index in [2.05, 4.69) is 20.4 Å². The van der Waals surface area contributed by atoms with Crippen LogP contribution in [0.2, 0.25) is 5.02 Å². The van der Waals surface area contributed by atoms with Crippen molar-refractivity contribution in [3.05, 3.63) is 51.7 Å². The van der Waals surface area contributed by atoms with Gasteiger partial charge in [-0.1, -0.05) is 29.8 Å². The molecule has 0 unspecified atom stereocenters. The Labute approximate surface area is 174 Å². The predicted octanol–water partition coefficient (Wildman–Crippen LogP) is 2.84. The van der Waals surface area contributed by atoms with Crippen molar-refractivity contribution < 1.29 is 9.59 Å². The number of amides is 2. The highest BCUT2D eigenvalue weighted by molar-refractivity contribution is 7.10. The Balaban J connectivity index is 1.37. The van der Waals surface area contributed by atoms with Crippen molar-refractivity contribution >= 4 is 40.4 Å². The molecule has 1 atom stereocenters. The highest BCUT2D eigenvalue weighted by atomic mass is 35.5. The predicted molar refractivity (Wildman–Crippen MR) is 114 cm³/mol. The third-order valence-corrected chi connectivity index (χ3v) is 6.08. The maximum absolute atomic E-state index is 12.3. The minimum atomic E-state index is -0.0796. The maximum Gasteiger partial charge on any atom is 0.238 e. The lowest BCUT2D eigenvalue weighted by Crippen LogP contribution is -2.51. The molecule has 0 saturated carbocycles. The summed E-state index contributed by atoms with van der Waals surface area (Å²) in [4.78, 5) is 29.9. The molecule has 0 radical (unpaired) electrons. The summed E-state index contributed by atoms with van der Waals surface area (Å²) in [6.07, 6.45) is 0. The minimum absolute atomic E-state index is 0.0299. The third-order valence-electron chi connectivity index (χ3n) is 4.69. The molecule has 2 heterocycles. The van der Waals surface area contributed by atoms with Crippen LogP contribution in [0.25, 0.3) is 0 Å². The number of halogens is 1. The number of carbonyl (C=O) groups is 2. The highest BCUT2D eigenvalue weighted by Gasteiger charge is 2.21. The van der Waals surface area contributed by atoms with E-state index in [1.165, 1.54) is 0 Å². The normalized spacial score (nSPS) is 16.5. The molecule has 150 valence electrons. The fraction of sp³-hybridized carbons (Fsp3) is 0.400. The van der Waals surface area contributed by atoms with Gasteiger partial charge in [0.25, 0.3) is 0 Å². The molecule has 1 fully saturated rings. The quantitative estimate of drug-likeness (QED) is 0.722. The van der Waals surface area contributed by atoms with E-state index < -0.39 is 0 Å². The van der Waals surface area contributed by atoms with Crippen molar-refractivity contribution in [1.29, 1.82) is 0 Å². The van der Waals surface area contributed by atoms with Gasteiger partial charge in [-0.25, -0.2) is 0 Å². The number of benzene rings is 1. The van der Waals surface area contributed by atoms with Gasteiger partial charge in [0, 0.05) is 31.1 Å². The summed E-state index contributed by atoms with van der Waals surface area (Å²) in [5.41, 5.74) is 0.629. The third kappa shape index (κ3) is 6.04. The van der Waals surface area contributed by atoms with Crippen LogP contribution < -0.4 is 10.6 Å². The van der Waals surface area contributed by atoms with Gasteiger partial charge >= 0.3 is 0 Å². The number of para-hydroxylation sites is 1. The second-order valence-electron chi connectivity index (χ2n) is 6.88. The molecule has 0 bridgehead atoms. The summed E-state index contributed by atoms with van der Waals surface area (Å²) in [6, 6.07) is 11.3. The molecule has 1 aromatic heterocycles. The molecule has 1 saturated heterocycles. The SMILES string of the molecule is C[C@H](NC(=O)CN1CCN(CC(=O)Nc2ccccc2Cl)CC1)c1cccs1. The van der Waals surface area contributed by atoms with Crippen molar-refractivity contribution in [2.45, 2.75) is 13.0 Å². The average Bonchev–Trinajstić information content (AvgIpc) is 3.20. The fourth-order valence-corrected chi connectivity index (χ4v) is 4.08. The summed E-state index contributed by atoms with van der Waals surface area (Å²) in [6.45, 7) is 5.74. The maximum atomic E-state index is 12.3. The first-order valence-electron chi connectivity index (χ1n) is 9.33. The lowest BCUT2D eigenvalue weighted by molar-refractivity contribution is -0.124. The van der Waals surface area contributed by atoms with E-state index in [-0.39, 0.29) is 17.9 Å². The molecule has 2 aromatic rings. The summed E-state index contributed by atoms with van der Waals surface area (Å²) in [5, 5.41) is 8.44. The van der Waals surface area contributed by atoms with Gasteiger partial charge in [0.05, 0.1) is 29.8 Å². The first-order valence-corrected chi connectivity index (χ1v) is 10.6. The van der Waals surface area contributed by atoms with Crippen LogP contribution >= 0.6 is 22.9 Å². The molecular formula is C20H25ClN4O2S. The van der Waals surface area contributed by atoms with Crippen molar-refractivity contribution in [2.75, 3.05) is 44.6 Å². The van der Waals surface area contributed by atoms with Crippen molar-refractivity contribution in [1.82, 2.24) is 15.1 Å². The van der Waals surface area contributed by atoms with Crippen LogP contribution in [0.1, 0.15) is 17.8 Å². The molecule has 2 amide bonds. The number of nitrogens with zero attached hydrogens (tertiary/aromatic N) is 2. The summed E-state index contributed by atoms with van der Waals surface area (Å²) in [7, 11) is 0. The van der Waals surface area contributed by atoms with Gasteiger partial charge in [0.15, 0.2) is 0 Å². The number of carbonyl (C=O) groups excluding carboxylic acids is 2. The van der Waals surface area contributed by atoms with Crippen LogP contribution in [0.3, 0.4) is 0 Å². The summed E-state index contributed by atoms with van der Waals surface area (Å²) in [5.74, 6) is -0.0464. The van der Waals surface area contributed by atoms with E-state index in [1.54, 1.807) is 23.5 Å². The zero-order valence-corrected chi connectivity index (χ0v) is 17.4. The number of rotatable bonds is 7. The van der Waals surface area contributed by atoms with Gasteiger partial charge in [-0.3, -0.25) is 19.4 Å². The largest absolute Gasteiger partial charge is 0.348 e. The first-order chi connectivity index (χ1) is 13.5. The zero-order valence-electron chi connectivity index (χ0n) is 15.9. The molecule has 0 spiro atoms. The molecular weight excluding hydrogens is 396 g/mol. The van der Waals surface area contributed by atoms with Crippen LogP contribution in [0.15, 0.2) is 41.8 Å². The van der Waals surface area contributed by atoms with Crippen LogP contribution in [0.4, 0.5) is 5.69 Å². The first kappa shape index (κ1) is 20.8. The molecule has 1 aliphatic rings. The standard InChI is InChI=1S/C20H25ClN4O2S/c1-15(18-7-4-12-28-18)22-19(26)13-24-8-10-25(11-9-24)14-20(27)23-17-6-3-2-5-16(17)21/h2-7,12,15H,8-11,13-14H2,1H3,(H,22,26)(H,23,27)/t15-/m0/s1. The Morgan fingerprint density at radius 2 is 1.68 bits per heavy atom. The number of nitrogens with one attached hydrogen (secondary N) is 2. The summed E-state index contributed by atoms with van der Waals surface area (Å²) >= 11 is 7.72. The Kier molecular flexibility index (Phi) is 7.44. The molecule has 0 aliphatic carbocycles. The second-order valence-corrected chi connectivity index (χ2v) is 8.27. The molecule has 2 N–H and O–H groups in total. The summed E-state index contributed by atoms with van der Waals surface area (Å²) < 4.78 is 0. The number of piperazine rings is 1. The van der Waals surface area contributed by atoms with Gasteiger partial charge < -0.3 is 10.6 Å². The molecule has 6 nitrogen and oxygen atoms in total. The van der Waals surface area contributed by atoms with Gasteiger partial charge in [-0.2, -0.15) is 0 Å². The van der Waals surface area contributed by atoms with E-state index >= 15 is 0 Å². The van der Waals surface area contributed by atoms with E-state index in [1.807, 2.05) is 36.6 Å². The molecule has 28 heavy (non-hydrogen) atoms. The van der Waals surface area contributed by atoms with Crippen molar-refractivity contribution in [3.63, 3.8) is 0 Å². The number of anilines is 1. The van der Waals surface area contributed by atoms with E-state index in [4.69, 9.17) is 11.6 Å². The molecule has 1 aromatic carbocycles. The average molecular weight is 421 g/mol. The second kappa shape index (κ2) is 10.0. The number of thiophene rings is 1. The minimum Gasteiger partial charge on any atom is -0.348 e. The highest BCUT2D eigenvalue weighted by Crippen LogP contribution is 2.20. The van der Waals surface area contributed by atoms with Crippen LogP contribution in [-0.2, 0) is 9.59 Å². The van der Waals surface area contributed by atoms with Gasteiger partial charge in [0.1, 0.15) is 0 Å². The van der Waals surface area contributed by atoms with Crippen molar-refractivity contribution in [2.24, 2.45) is 0 Å². The van der Waals surface area contributed by atoms with E-state index in [0.29, 0.717) is 23.8 Å². The Bertz CT molecular complexity index is 791. The van der Waals surface area contributed by atoms with E-state index in [0.717, 1.165) is 31.1 Å². The molecule has 3 rings (SSSR count). The smallest absolute Gasteiger partial charge is 0.238 e. The van der Waals surface area contributed by atoms with Gasteiger partial charge in [0.2, 0.25) is 11.8 Å². The van der Waals surface area contributed by atoms with Gasteiger partial charge in [-0.15, -0.1) is 11.3 Å². The van der Waals surface area contributed by atoms with Crippen LogP contribution in [0, 0.1) is 0 Å². The monoisotopic (exact) mass is 420 g/mol. The topological polar surface area (TPSA) is 64.7 Å². The molecule has 1 aliphatic heterocycles. The number of hydrogen-bond donors (Lipinski definition) is 2. The molecule has 8 heteroatoms. The lowest BCUT2D eigenvalue weighted by atomic mass is 10.2. The Morgan fingerprint density at radius 1 is 1.04 bits per heavy atom. The van der Waals surface area contributed by atoms with E-state index in [9.17, 15) is 9.59 Å². The van der Waals surface area contributed by atoms with Crippen molar-refractivity contribution in [3.8, 4) is 0 Å².